The van der Waals surface area contributed by atoms with Crippen LogP contribution in [-0.4, -0.2) is 60.1 Å². The van der Waals surface area contributed by atoms with E-state index in [1.807, 2.05) is 0 Å². The summed E-state index contributed by atoms with van der Waals surface area (Å²) < 4.78 is 0. The molecule has 6 heteroatoms. The van der Waals surface area contributed by atoms with Crippen molar-refractivity contribution in [2.75, 3.05) is 38.2 Å². The predicted octanol–water partition coefficient (Wildman–Crippen LogP) is -0.303. The molecule has 1 aliphatic rings. The third-order valence-corrected chi connectivity index (χ3v) is 3.77. The molecule has 1 heterocycles. The van der Waals surface area contributed by atoms with Gasteiger partial charge in [-0.05, 0) is 12.2 Å². The molecule has 0 spiro atoms. The number of aliphatic hydroxyl groups excluding tert-OH is 1. The smallest absolute Gasteiger partial charge is 0.225 e. The van der Waals surface area contributed by atoms with Crippen LogP contribution in [0.25, 0.3) is 0 Å². The van der Waals surface area contributed by atoms with Gasteiger partial charge in [0.15, 0.2) is 0 Å². The fraction of sp³-hybridized carbons (Fsp3) is 0.818. The van der Waals surface area contributed by atoms with Crippen molar-refractivity contribution in [2.45, 2.75) is 12.8 Å². The van der Waals surface area contributed by atoms with Gasteiger partial charge in [-0.25, -0.2) is 0 Å². The van der Waals surface area contributed by atoms with Crippen molar-refractivity contribution in [3.8, 4) is 0 Å². The second kappa shape index (κ2) is 7.55. The van der Waals surface area contributed by atoms with Crippen molar-refractivity contribution in [1.82, 2.24) is 10.2 Å². The molecule has 1 unspecified atom stereocenters. The number of likely N-dealkylation sites (tertiary alicyclic amines) is 1. The Hall–Kier alpha value is -0.750. The van der Waals surface area contributed by atoms with E-state index in [1.54, 1.807) is 23.7 Å². The third kappa shape index (κ3) is 4.95. The van der Waals surface area contributed by atoms with E-state index in [2.05, 4.69) is 5.32 Å². The average molecular weight is 260 g/mol. The maximum absolute atomic E-state index is 11.7. The van der Waals surface area contributed by atoms with E-state index in [4.69, 9.17) is 5.11 Å². The number of carbonyl (C=O) groups excluding carboxylic acids is 2. The number of hydrogen-bond acceptors (Lipinski definition) is 4. The molecule has 0 radical (unpaired) electrons. The van der Waals surface area contributed by atoms with Gasteiger partial charge in [0.2, 0.25) is 11.8 Å². The Morgan fingerprint density at radius 2 is 2.35 bits per heavy atom. The van der Waals surface area contributed by atoms with E-state index in [9.17, 15) is 9.59 Å². The molecule has 1 saturated heterocycles. The summed E-state index contributed by atoms with van der Waals surface area (Å²) in [5.41, 5.74) is 0. The van der Waals surface area contributed by atoms with Crippen molar-refractivity contribution < 1.29 is 14.7 Å². The van der Waals surface area contributed by atoms with Gasteiger partial charge < -0.3 is 15.3 Å². The van der Waals surface area contributed by atoms with Crippen LogP contribution in [0.3, 0.4) is 0 Å². The molecule has 0 aromatic heterocycles. The molecule has 0 saturated carbocycles. The SMILES string of the molecule is CN1CC(C(=O)NCCSCCCO)CC1=O. The van der Waals surface area contributed by atoms with Crippen molar-refractivity contribution in [1.29, 1.82) is 0 Å². The van der Waals surface area contributed by atoms with E-state index in [0.717, 1.165) is 17.9 Å². The molecular formula is C11H20N2O3S. The minimum atomic E-state index is -0.185. The predicted molar refractivity (Wildman–Crippen MR) is 67.8 cm³/mol. The first kappa shape index (κ1) is 14.3. The molecule has 1 atom stereocenters. The van der Waals surface area contributed by atoms with E-state index in [-0.39, 0.29) is 24.3 Å². The summed E-state index contributed by atoms with van der Waals surface area (Å²) in [6.45, 7) is 1.38. The van der Waals surface area contributed by atoms with E-state index >= 15 is 0 Å². The second-order valence-corrected chi connectivity index (χ2v) is 5.38. The lowest BCUT2D eigenvalue weighted by Gasteiger charge is -2.10. The summed E-state index contributed by atoms with van der Waals surface area (Å²) in [5, 5.41) is 11.4. The Morgan fingerprint density at radius 1 is 1.59 bits per heavy atom. The molecule has 5 nitrogen and oxygen atoms in total. The van der Waals surface area contributed by atoms with Crippen LogP contribution in [0.2, 0.25) is 0 Å². The monoisotopic (exact) mass is 260 g/mol. The maximum atomic E-state index is 11.7. The fourth-order valence-electron chi connectivity index (χ4n) is 1.70. The molecule has 0 aliphatic carbocycles. The normalized spacial score (nSPS) is 19.8. The number of carbonyl (C=O) groups is 2. The quantitative estimate of drug-likeness (QED) is 0.617. The highest BCUT2D eigenvalue weighted by Gasteiger charge is 2.31. The topological polar surface area (TPSA) is 69.6 Å². The van der Waals surface area contributed by atoms with E-state index in [0.29, 0.717) is 19.5 Å². The third-order valence-electron chi connectivity index (χ3n) is 2.70. The van der Waals surface area contributed by atoms with Gasteiger partial charge in [0.05, 0.1) is 5.92 Å². The van der Waals surface area contributed by atoms with Gasteiger partial charge >= 0.3 is 0 Å². The molecule has 0 bridgehead atoms. The highest BCUT2D eigenvalue weighted by atomic mass is 32.2. The molecule has 0 aromatic rings. The van der Waals surface area contributed by atoms with Crippen molar-refractivity contribution in [3.05, 3.63) is 0 Å². The first-order chi connectivity index (χ1) is 8.15. The number of aliphatic hydroxyl groups is 1. The van der Waals surface area contributed by atoms with Gasteiger partial charge in [-0.15, -0.1) is 0 Å². The zero-order chi connectivity index (χ0) is 12.7. The first-order valence-electron chi connectivity index (χ1n) is 5.85. The van der Waals surface area contributed by atoms with Crippen LogP contribution in [0.15, 0.2) is 0 Å². The number of amides is 2. The second-order valence-electron chi connectivity index (χ2n) is 4.16. The zero-order valence-corrected chi connectivity index (χ0v) is 11.0. The number of thioether (sulfide) groups is 1. The van der Waals surface area contributed by atoms with Crippen LogP contribution in [-0.2, 0) is 9.59 Å². The summed E-state index contributed by atoms with van der Waals surface area (Å²) in [7, 11) is 1.72. The van der Waals surface area contributed by atoms with Crippen LogP contribution >= 0.6 is 11.8 Å². The summed E-state index contributed by atoms with van der Waals surface area (Å²) in [6, 6.07) is 0. The number of hydrogen-bond donors (Lipinski definition) is 2. The molecule has 2 N–H and O–H groups in total. The molecule has 98 valence electrons. The van der Waals surface area contributed by atoms with Gasteiger partial charge in [0, 0.05) is 38.9 Å². The Balaban J connectivity index is 2.07. The summed E-state index contributed by atoms with van der Waals surface area (Å²) >= 11 is 1.71. The van der Waals surface area contributed by atoms with Crippen molar-refractivity contribution in [3.63, 3.8) is 0 Å². The standard InChI is InChI=1S/C11H20N2O3S/c1-13-8-9(7-10(13)15)11(16)12-3-6-17-5-2-4-14/h9,14H,2-8H2,1H3,(H,12,16). The van der Waals surface area contributed by atoms with E-state index < -0.39 is 0 Å². The van der Waals surface area contributed by atoms with Crippen LogP contribution in [0.4, 0.5) is 0 Å². The summed E-state index contributed by atoms with van der Waals surface area (Å²) in [6.07, 6.45) is 1.13. The lowest BCUT2D eigenvalue weighted by Crippen LogP contribution is -2.33. The van der Waals surface area contributed by atoms with Crippen LogP contribution in [0.1, 0.15) is 12.8 Å². The van der Waals surface area contributed by atoms with Gasteiger partial charge in [-0.2, -0.15) is 11.8 Å². The minimum absolute atomic E-state index is 0.0227. The van der Waals surface area contributed by atoms with Crippen LogP contribution in [0.5, 0.6) is 0 Å². The maximum Gasteiger partial charge on any atom is 0.225 e. The number of rotatable bonds is 7. The zero-order valence-electron chi connectivity index (χ0n) is 10.1. The molecule has 2 amide bonds. The number of nitrogens with zero attached hydrogens (tertiary/aromatic N) is 1. The van der Waals surface area contributed by atoms with Crippen LogP contribution < -0.4 is 5.32 Å². The molecule has 1 aliphatic heterocycles. The average Bonchev–Trinajstić information content (AvgIpc) is 2.64. The lowest BCUT2D eigenvalue weighted by molar-refractivity contribution is -0.128. The molecule has 0 aromatic carbocycles. The minimum Gasteiger partial charge on any atom is -0.396 e. The van der Waals surface area contributed by atoms with Crippen molar-refractivity contribution in [2.24, 2.45) is 5.92 Å². The fourth-order valence-corrected chi connectivity index (χ4v) is 2.48. The Labute approximate surface area is 106 Å². The van der Waals surface area contributed by atoms with Gasteiger partial charge in [0.25, 0.3) is 0 Å². The largest absolute Gasteiger partial charge is 0.396 e. The molecule has 17 heavy (non-hydrogen) atoms. The lowest BCUT2D eigenvalue weighted by atomic mass is 10.1. The Morgan fingerprint density at radius 3 is 2.94 bits per heavy atom. The van der Waals surface area contributed by atoms with Crippen LogP contribution in [0, 0.1) is 5.92 Å². The molecular weight excluding hydrogens is 240 g/mol. The van der Waals surface area contributed by atoms with Crippen molar-refractivity contribution >= 4 is 23.6 Å². The molecule has 1 fully saturated rings. The summed E-state index contributed by atoms with van der Waals surface area (Å²) in [5.74, 6) is 1.60. The van der Waals surface area contributed by atoms with E-state index in [1.165, 1.54) is 0 Å². The van der Waals surface area contributed by atoms with Gasteiger partial charge in [0.1, 0.15) is 0 Å². The highest BCUT2D eigenvalue weighted by molar-refractivity contribution is 7.99. The summed E-state index contributed by atoms with van der Waals surface area (Å²) in [4.78, 5) is 24.5. The molecule has 1 rings (SSSR count). The number of nitrogens with one attached hydrogen (secondary N) is 1. The van der Waals surface area contributed by atoms with Gasteiger partial charge in [-0.3, -0.25) is 9.59 Å². The first-order valence-corrected chi connectivity index (χ1v) is 7.01. The van der Waals surface area contributed by atoms with Gasteiger partial charge in [-0.1, -0.05) is 0 Å². The Bertz CT molecular complexity index is 273. The Kier molecular flexibility index (Phi) is 6.36. The highest BCUT2D eigenvalue weighted by Crippen LogP contribution is 2.15.